The van der Waals surface area contributed by atoms with Gasteiger partial charge in [0.2, 0.25) is 0 Å². The van der Waals surface area contributed by atoms with E-state index in [9.17, 15) is 9.18 Å². The second-order valence-corrected chi connectivity index (χ2v) is 6.27. The van der Waals surface area contributed by atoms with Gasteiger partial charge >= 0.3 is 0 Å². The first kappa shape index (κ1) is 13.5. The molecule has 18 heavy (non-hydrogen) atoms. The van der Waals surface area contributed by atoms with E-state index < -0.39 is 0 Å². The molecule has 0 saturated carbocycles. The summed E-state index contributed by atoms with van der Waals surface area (Å²) in [5, 5.41) is 0. The third-order valence-corrected chi connectivity index (χ3v) is 4.11. The van der Waals surface area contributed by atoms with Gasteiger partial charge in [0.15, 0.2) is 5.78 Å². The van der Waals surface area contributed by atoms with Crippen LogP contribution in [0.5, 0.6) is 0 Å². The molecule has 1 aromatic heterocycles. The first-order valence-electron chi connectivity index (χ1n) is 5.16. The summed E-state index contributed by atoms with van der Waals surface area (Å²) in [5.41, 5.74) is 2.03. The monoisotopic (exact) mass is 302 g/mol. The van der Waals surface area contributed by atoms with Crippen molar-refractivity contribution in [3.8, 4) is 0 Å². The van der Waals surface area contributed by atoms with Crippen molar-refractivity contribution in [2.75, 3.05) is 0 Å². The van der Waals surface area contributed by atoms with Gasteiger partial charge in [-0.05, 0) is 43.2 Å². The number of carbonyl (C=O) groups excluding carboxylic acids is 1. The molecule has 0 unspecified atom stereocenters. The molecule has 0 fully saturated rings. The smallest absolute Gasteiger partial charge is 0.195 e. The van der Waals surface area contributed by atoms with Crippen molar-refractivity contribution in [1.29, 1.82) is 0 Å². The zero-order valence-electron chi connectivity index (χ0n) is 9.68. The highest BCUT2D eigenvalue weighted by Crippen LogP contribution is 2.33. The molecule has 94 valence electrons. The predicted octanol–water partition coefficient (Wildman–Crippen LogP) is 5.04. The highest BCUT2D eigenvalue weighted by Gasteiger charge is 2.20. The maximum atomic E-state index is 13.2. The zero-order chi connectivity index (χ0) is 13.4. The summed E-state index contributed by atoms with van der Waals surface area (Å²) in [6, 6.07) is 4.21. The fourth-order valence-corrected chi connectivity index (χ4v) is 3.36. The number of rotatable bonds is 2. The van der Waals surface area contributed by atoms with Gasteiger partial charge < -0.3 is 0 Å². The quantitative estimate of drug-likeness (QED) is 0.710. The number of benzene rings is 1. The molecular weight excluding hydrogens is 294 g/mol. The van der Waals surface area contributed by atoms with Crippen LogP contribution in [0.1, 0.15) is 27.0 Å². The summed E-state index contributed by atoms with van der Waals surface area (Å²) in [4.78, 5) is 12.4. The molecule has 0 spiro atoms. The Hall–Kier alpha value is -0.900. The van der Waals surface area contributed by atoms with Gasteiger partial charge in [0.1, 0.15) is 10.2 Å². The maximum absolute atomic E-state index is 13.2. The Morgan fingerprint density at radius 2 is 1.72 bits per heavy atom. The van der Waals surface area contributed by atoms with Crippen LogP contribution in [0.25, 0.3) is 0 Å². The minimum atomic E-state index is -0.351. The van der Waals surface area contributed by atoms with Crippen LogP contribution >= 0.6 is 34.5 Å². The molecule has 0 saturated heterocycles. The van der Waals surface area contributed by atoms with E-state index in [4.69, 9.17) is 23.2 Å². The van der Waals surface area contributed by atoms with Gasteiger partial charge in [-0.15, -0.1) is 11.3 Å². The molecule has 5 heteroatoms. The van der Waals surface area contributed by atoms with Gasteiger partial charge in [-0.2, -0.15) is 0 Å². The van der Waals surface area contributed by atoms with Crippen LogP contribution in [0.3, 0.4) is 0 Å². The van der Waals surface area contributed by atoms with Crippen LogP contribution in [-0.4, -0.2) is 5.78 Å². The molecule has 1 nitrogen and oxygen atoms in total. The van der Waals surface area contributed by atoms with Crippen LogP contribution in [-0.2, 0) is 0 Å². The molecule has 1 heterocycles. The first-order valence-corrected chi connectivity index (χ1v) is 6.73. The van der Waals surface area contributed by atoms with E-state index in [1.54, 1.807) is 19.9 Å². The SMILES string of the molecule is Cc1cc(F)cc(C)c1C(=O)c1cc(Cl)sc1Cl. The molecule has 0 radical (unpaired) electrons. The standard InChI is InChI=1S/C13H9Cl2FOS/c1-6-3-8(16)4-7(2)11(6)12(17)9-5-10(14)18-13(9)15/h3-5H,1-2H3. The van der Waals surface area contributed by atoms with Crippen molar-refractivity contribution >= 4 is 40.3 Å². The summed E-state index contributed by atoms with van der Waals surface area (Å²) in [5.74, 6) is -0.575. The van der Waals surface area contributed by atoms with Crippen LogP contribution in [0, 0.1) is 19.7 Å². The Morgan fingerprint density at radius 3 is 2.17 bits per heavy atom. The maximum Gasteiger partial charge on any atom is 0.195 e. The minimum Gasteiger partial charge on any atom is -0.289 e. The fourth-order valence-electron chi connectivity index (χ4n) is 1.90. The Kier molecular flexibility index (Phi) is 3.76. The van der Waals surface area contributed by atoms with Gasteiger partial charge in [-0.1, -0.05) is 23.2 Å². The third-order valence-electron chi connectivity index (χ3n) is 2.63. The average Bonchev–Trinajstić information content (AvgIpc) is 2.56. The lowest BCUT2D eigenvalue weighted by Gasteiger charge is -2.08. The Labute approximate surface area is 118 Å². The van der Waals surface area contributed by atoms with Crippen molar-refractivity contribution < 1.29 is 9.18 Å². The summed E-state index contributed by atoms with van der Waals surface area (Å²) in [6.07, 6.45) is 0. The fraction of sp³-hybridized carbons (Fsp3) is 0.154. The molecule has 1 aromatic carbocycles. The molecular formula is C13H9Cl2FOS. The number of ketones is 1. The second-order valence-electron chi connectivity index (χ2n) is 3.98. The normalized spacial score (nSPS) is 10.7. The molecule has 0 N–H and O–H groups in total. The van der Waals surface area contributed by atoms with E-state index in [1.807, 2.05) is 0 Å². The molecule has 0 aliphatic rings. The topological polar surface area (TPSA) is 17.1 Å². The summed E-state index contributed by atoms with van der Waals surface area (Å²) < 4.78 is 14.0. The van der Waals surface area contributed by atoms with E-state index in [0.29, 0.717) is 30.9 Å². The van der Waals surface area contributed by atoms with Gasteiger partial charge in [-0.3, -0.25) is 4.79 Å². The number of halogens is 3. The minimum absolute atomic E-state index is 0.224. The van der Waals surface area contributed by atoms with E-state index in [1.165, 1.54) is 12.1 Å². The molecule has 0 atom stereocenters. The predicted molar refractivity (Wildman–Crippen MR) is 73.6 cm³/mol. The molecule has 0 aliphatic carbocycles. The first-order chi connectivity index (χ1) is 8.40. The van der Waals surface area contributed by atoms with Crippen molar-refractivity contribution in [3.63, 3.8) is 0 Å². The van der Waals surface area contributed by atoms with Gasteiger partial charge in [0.05, 0.1) is 9.90 Å². The van der Waals surface area contributed by atoms with Crippen LogP contribution < -0.4 is 0 Å². The Bertz CT molecular complexity index is 611. The number of hydrogen-bond acceptors (Lipinski definition) is 2. The summed E-state index contributed by atoms with van der Waals surface area (Å²) >= 11 is 12.9. The number of carbonyl (C=O) groups is 1. The van der Waals surface area contributed by atoms with Gasteiger partial charge in [0.25, 0.3) is 0 Å². The highest BCUT2D eigenvalue weighted by atomic mass is 35.5. The largest absolute Gasteiger partial charge is 0.289 e. The van der Waals surface area contributed by atoms with Crippen LogP contribution in [0.15, 0.2) is 18.2 Å². The van der Waals surface area contributed by atoms with Gasteiger partial charge in [0, 0.05) is 5.56 Å². The molecule has 0 bridgehead atoms. The molecule has 2 aromatic rings. The van der Waals surface area contributed by atoms with Crippen molar-refractivity contribution in [2.45, 2.75) is 13.8 Å². The highest BCUT2D eigenvalue weighted by molar-refractivity contribution is 7.20. The van der Waals surface area contributed by atoms with E-state index >= 15 is 0 Å². The number of aryl methyl sites for hydroxylation is 2. The van der Waals surface area contributed by atoms with E-state index in [2.05, 4.69) is 0 Å². The van der Waals surface area contributed by atoms with Crippen molar-refractivity contribution in [3.05, 3.63) is 54.9 Å². The Balaban J connectivity index is 2.56. The lowest BCUT2D eigenvalue weighted by atomic mass is 9.96. The zero-order valence-corrected chi connectivity index (χ0v) is 12.0. The lowest BCUT2D eigenvalue weighted by molar-refractivity contribution is 0.103. The lowest BCUT2D eigenvalue weighted by Crippen LogP contribution is -2.06. The molecule has 0 aliphatic heterocycles. The third kappa shape index (κ3) is 2.44. The molecule has 2 rings (SSSR count). The van der Waals surface area contributed by atoms with Crippen molar-refractivity contribution in [1.82, 2.24) is 0 Å². The summed E-state index contributed by atoms with van der Waals surface area (Å²) in [7, 11) is 0. The van der Waals surface area contributed by atoms with Crippen LogP contribution in [0.2, 0.25) is 8.67 Å². The Morgan fingerprint density at radius 1 is 1.17 bits per heavy atom. The van der Waals surface area contributed by atoms with Crippen LogP contribution in [0.4, 0.5) is 4.39 Å². The van der Waals surface area contributed by atoms with Gasteiger partial charge in [-0.25, -0.2) is 4.39 Å². The summed E-state index contributed by atoms with van der Waals surface area (Å²) in [6.45, 7) is 3.40. The second kappa shape index (κ2) is 5.00. The number of thiophene rings is 1. The molecule has 0 amide bonds. The average molecular weight is 303 g/mol. The van der Waals surface area contributed by atoms with Crippen molar-refractivity contribution in [2.24, 2.45) is 0 Å². The van der Waals surface area contributed by atoms with E-state index in [0.717, 1.165) is 11.3 Å². The number of hydrogen-bond donors (Lipinski definition) is 0. The van der Waals surface area contributed by atoms with E-state index in [-0.39, 0.29) is 11.6 Å².